The summed E-state index contributed by atoms with van der Waals surface area (Å²) in [5, 5.41) is 2.29. The van der Waals surface area contributed by atoms with E-state index in [1.807, 2.05) is 0 Å². The average molecular weight is 280 g/mol. The van der Waals surface area contributed by atoms with Gasteiger partial charge in [0.25, 0.3) is 0 Å². The van der Waals surface area contributed by atoms with Crippen LogP contribution in [0.25, 0.3) is 0 Å². The average Bonchev–Trinajstić information content (AvgIpc) is 2.35. The first-order valence-corrected chi connectivity index (χ1v) is 5.20. The summed E-state index contributed by atoms with van der Waals surface area (Å²) in [5.41, 5.74) is 3.77. The van der Waals surface area contributed by atoms with Crippen LogP contribution in [-0.2, 0) is 15.7 Å². The Labute approximate surface area is 106 Å². The number of esters is 1. The fourth-order valence-corrected chi connectivity index (χ4v) is 1.36. The third kappa shape index (κ3) is 3.82. The van der Waals surface area contributed by atoms with Crippen molar-refractivity contribution < 1.29 is 27.1 Å². The van der Waals surface area contributed by atoms with E-state index in [9.17, 15) is 22.4 Å². The molecule has 0 saturated carbocycles. The van der Waals surface area contributed by atoms with Crippen molar-refractivity contribution in [1.82, 2.24) is 0 Å². The molecule has 3 N–H and O–H groups in total. The van der Waals surface area contributed by atoms with Gasteiger partial charge in [-0.15, -0.1) is 0 Å². The molecule has 0 aliphatic carbocycles. The molecule has 0 amide bonds. The zero-order valence-corrected chi connectivity index (χ0v) is 9.92. The highest BCUT2D eigenvalue weighted by atomic mass is 19.4. The van der Waals surface area contributed by atoms with E-state index in [4.69, 9.17) is 5.73 Å². The van der Waals surface area contributed by atoms with Gasteiger partial charge >= 0.3 is 12.1 Å². The Morgan fingerprint density at radius 2 is 2.11 bits per heavy atom. The van der Waals surface area contributed by atoms with Crippen LogP contribution in [0, 0.1) is 5.82 Å². The number of halogens is 4. The number of carbonyl (C=O) groups is 1. The van der Waals surface area contributed by atoms with Gasteiger partial charge in [-0.05, 0) is 18.2 Å². The topological polar surface area (TPSA) is 64.3 Å². The number of hydrogen-bond donors (Lipinski definition) is 2. The van der Waals surface area contributed by atoms with Crippen LogP contribution >= 0.6 is 0 Å². The standard InChI is InChI=1S/C11H12F4N2O2/c1-19-10(18)9(5-16)17-8-4-6(11(13,14)15)2-3-7(8)12/h2-4,9,17H,5,16H2,1H3. The molecule has 8 heteroatoms. The summed E-state index contributed by atoms with van der Waals surface area (Å²) in [4.78, 5) is 11.2. The first-order valence-electron chi connectivity index (χ1n) is 5.20. The smallest absolute Gasteiger partial charge is 0.416 e. The summed E-state index contributed by atoms with van der Waals surface area (Å²) in [5.74, 6) is -1.71. The first kappa shape index (κ1) is 15.2. The monoisotopic (exact) mass is 280 g/mol. The van der Waals surface area contributed by atoms with E-state index in [1.165, 1.54) is 0 Å². The molecular formula is C11H12F4N2O2. The van der Waals surface area contributed by atoms with Crippen LogP contribution < -0.4 is 11.1 Å². The first-order chi connectivity index (χ1) is 8.79. The van der Waals surface area contributed by atoms with Crippen molar-refractivity contribution in [3.63, 3.8) is 0 Å². The minimum absolute atomic E-state index is 0.248. The predicted molar refractivity (Wildman–Crippen MR) is 59.9 cm³/mol. The van der Waals surface area contributed by atoms with Crippen LogP contribution in [0.1, 0.15) is 5.56 Å². The van der Waals surface area contributed by atoms with Crippen molar-refractivity contribution in [2.75, 3.05) is 19.0 Å². The Bertz CT molecular complexity index is 462. The quantitative estimate of drug-likeness (QED) is 0.651. The van der Waals surface area contributed by atoms with Crippen LogP contribution in [0.15, 0.2) is 18.2 Å². The highest BCUT2D eigenvalue weighted by molar-refractivity contribution is 5.79. The predicted octanol–water partition coefficient (Wildman–Crippen LogP) is 1.76. The Kier molecular flexibility index (Phi) is 4.71. The van der Waals surface area contributed by atoms with Crippen LogP contribution in [0.5, 0.6) is 0 Å². The fraction of sp³-hybridized carbons (Fsp3) is 0.364. The van der Waals surface area contributed by atoms with E-state index in [0.29, 0.717) is 18.2 Å². The summed E-state index contributed by atoms with van der Waals surface area (Å²) >= 11 is 0. The van der Waals surface area contributed by atoms with E-state index in [2.05, 4.69) is 10.1 Å². The molecule has 1 rings (SSSR count). The fourth-order valence-electron chi connectivity index (χ4n) is 1.36. The van der Waals surface area contributed by atoms with Crippen molar-refractivity contribution in [1.29, 1.82) is 0 Å². The Balaban J connectivity index is 3.03. The number of rotatable bonds is 4. The van der Waals surface area contributed by atoms with Gasteiger partial charge in [0.15, 0.2) is 0 Å². The van der Waals surface area contributed by atoms with Gasteiger partial charge in [0, 0.05) is 6.54 Å². The van der Waals surface area contributed by atoms with E-state index in [1.54, 1.807) is 0 Å². The van der Waals surface area contributed by atoms with Crippen molar-refractivity contribution in [3.8, 4) is 0 Å². The molecule has 0 spiro atoms. The van der Waals surface area contributed by atoms with Crippen molar-refractivity contribution in [2.45, 2.75) is 12.2 Å². The van der Waals surface area contributed by atoms with Gasteiger partial charge in [-0.1, -0.05) is 0 Å². The van der Waals surface area contributed by atoms with E-state index in [-0.39, 0.29) is 6.54 Å². The molecule has 4 nitrogen and oxygen atoms in total. The van der Waals surface area contributed by atoms with E-state index in [0.717, 1.165) is 7.11 Å². The van der Waals surface area contributed by atoms with Crippen molar-refractivity contribution in [3.05, 3.63) is 29.6 Å². The maximum Gasteiger partial charge on any atom is 0.416 e. The molecule has 0 aromatic heterocycles. The number of hydrogen-bond acceptors (Lipinski definition) is 4. The molecule has 0 heterocycles. The van der Waals surface area contributed by atoms with E-state index >= 15 is 0 Å². The Morgan fingerprint density at radius 1 is 1.47 bits per heavy atom. The maximum absolute atomic E-state index is 13.4. The highest BCUT2D eigenvalue weighted by Gasteiger charge is 2.31. The SMILES string of the molecule is COC(=O)C(CN)Nc1cc(C(F)(F)F)ccc1F. The zero-order chi connectivity index (χ0) is 14.6. The molecule has 1 aromatic rings. The van der Waals surface area contributed by atoms with Gasteiger partial charge < -0.3 is 15.8 Å². The summed E-state index contributed by atoms with van der Waals surface area (Å²) in [6.07, 6.45) is -4.60. The lowest BCUT2D eigenvalue weighted by Crippen LogP contribution is -2.37. The van der Waals surface area contributed by atoms with Gasteiger partial charge in [0.1, 0.15) is 11.9 Å². The molecule has 1 aromatic carbocycles. The summed E-state index contributed by atoms with van der Waals surface area (Å²) in [6.45, 7) is -0.248. The van der Waals surface area contributed by atoms with Crippen molar-refractivity contribution >= 4 is 11.7 Å². The molecule has 0 aliphatic rings. The number of methoxy groups -OCH3 is 1. The molecule has 106 valence electrons. The second-order valence-corrected chi connectivity index (χ2v) is 3.65. The lowest BCUT2D eigenvalue weighted by Gasteiger charge is -2.17. The number of benzene rings is 1. The van der Waals surface area contributed by atoms with Crippen LogP contribution in [0.3, 0.4) is 0 Å². The summed E-state index contributed by atoms with van der Waals surface area (Å²) in [6, 6.07) is 0.718. The number of anilines is 1. The Hall–Kier alpha value is -1.83. The lowest BCUT2D eigenvalue weighted by atomic mass is 10.1. The van der Waals surface area contributed by atoms with Crippen molar-refractivity contribution in [2.24, 2.45) is 5.73 Å². The number of ether oxygens (including phenoxy) is 1. The number of carbonyl (C=O) groups excluding carboxylic acids is 1. The number of nitrogens with one attached hydrogen (secondary N) is 1. The highest BCUT2D eigenvalue weighted by Crippen LogP contribution is 2.31. The minimum atomic E-state index is -4.60. The van der Waals surface area contributed by atoms with E-state index < -0.39 is 35.3 Å². The largest absolute Gasteiger partial charge is 0.467 e. The molecule has 19 heavy (non-hydrogen) atoms. The molecule has 0 fully saturated rings. The third-order valence-corrected chi connectivity index (χ3v) is 2.34. The molecule has 1 atom stereocenters. The van der Waals surface area contributed by atoms with Gasteiger partial charge in [-0.3, -0.25) is 0 Å². The molecular weight excluding hydrogens is 268 g/mol. The third-order valence-electron chi connectivity index (χ3n) is 2.34. The van der Waals surface area contributed by atoms with Gasteiger partial charge in [0.05, 0.1) is 18.4 Å². The summed E-state index contributed by atoms with van der Waals surface area (Å²) < 4.78 is 55.2. The van der Waals surface area contributed by atoms with Gasteiger partial charge in [-0.25, -0.2) is 9.18 Å². The molecule has 1 unspecified atom stereocenters. The van der Waals surface area contributed by atoms with Crippen LogP contribution in [-0.4, -0.2) is 25.7 Å². The number of nitrogens with two attached hydrogens (primary N) is 1. The normalized spacial score (nSPS) is 12.9. The maximum atomic E-state index is 13.4. The molecule has 0 aliphatic heterocycles. The van der Waals surface area contributed by atoms with Gasteiger partial charge in [0.2, 0.25) is 0 Å². The van der Waals surface area contributed by atoms with Crippen LogP contribution in [0.2, 0.25) is 0 Å². The Morgan fingerprint density at radius 3 is 2.58 bits per heavy atom. The zero-order valence-electron chi connectivity index (χ0n) is 9.92. The second-order valence-electron chi connectivity index (χ2n) is 3.65. The molecule has 0 saturated heterocycles. The second kappa shape index (κ2) is 5.87. The molecule has 0 bridgehead atoms. The van der Waals surface area contributed by atoms with Gasteiger partial charge in [-0.2, -0.15) is 13.2 Å². The number of alkyl halides is 3. The summed E-state index contributed by atoms with van der Waals surface area (Å²) in [7, 11) is 1.09. The molecule has 0 radical (unpaired) electrons. The van der Waals surface area contributed by atoms with Crippen LogP contribution in [0.4, 0.5) is 23.2 Å². The minimum Gasteiger partial charge on any atom is -0.467 e. The lowest BCUT2D eigenvalue weighted by molar-refractivity contribution is -0.141.